The number of hydrogen-bond donors (Lipinski definition) is 2. The number of fused-ring (bicyclic) bond motifs is 1. The lowest BCUT2D eigenvalue weighted by Crippen LogP contribution is -2.67. The van der Waals surface area contributed by atoms with Crippen LogP contribution in [0.2, 0.25) is 0 Å². The van der Waals surface area contributed by atoms with Crippen molar-refractivity contribution in [3.8, 4) is 0 Å². The second kappa shape index (κ2) is 2.02. The van der Waals surface area contributed by atoms with Crippen molar-refractivity contribution in [2.24, 2.45) is 16.8 Å². The first-order chi connectivity index (χ1) is 5.29. The van der Waals surface area contributed by atoms with Gasteiger partial charge in [-0.2, -0.15) is 5.10 Å². The monoisotopic (exact) mass is 152 g/mol. The molecule has 1 atom stereocenters. The molecule has 0 aromatic heterocycles. The first-order valence-corrected chi connectivity index (χ1v) is 3.28. The van der Waals surface area contributed by atoms with E-state index in [4.69, 9.17) is 5.73 Å². The quantitative estimate of drug-likeness (QED) is 0.451. The van der Waals surface area contributed by atoms with E-state index in [0.29, 0.717) is 11.5 Å². The van der Waals surface area contributed by atoms with Crippen LogP contribution in [0.15, 0.2) is 29.2 Å². The zero-order chi connectivity index (χ0) is 7.84. The molecule has 0 bridgehead atoms. The van der Waals surface area contributed by atoms with Crippen molar-refractivity contribution < 1.29 is 9.49 Å². The molecule has 4 heteroatoms. The fourth-order valence-electron chi connectivity index (χ4n) is 1.18. The number of amidine groups is 1. The lowest BCUT2D eigenvalue weighted by molar-refractivity contribution is -0.460. The predicted octanol–water partition coefficient (Wildman–Crippen LogP) is -1.17. The molecular formula is C7H7FN3+. The van der Waals surface area contributed by atoms with E-state index >= 15 is 0 Å². The van der Waals surface area contributed by atoms with Crippen LogP contribution >= 0.6 is 0 Å². The van der Waals surface area contributed by atoms with Gasteiger partial charge >= 0.3 is 0 Å². The van der Waals surface area contributed by atoms with Gasteiger partial charge in [0.05, 0.1) is 0 Å². The molecule has 56 valence electrons. The molecule has 0 amide bonds. The van der Waals surface area contributed by atoms with Gasteiger partial charge in [0.25, 0.3) is 5.84 Å². The Hall–Kier alpha value is -1.45. The molecular weight excluding hydrogens is 145 g/mol. The van der Waals surface area contributed by atoms with Crippen LogP contribution in [0.1, 0.15) is 0 Å². The van der Waals surface area contributed by atoms with Crippen LogP contribution in [-0.4, -0.2) is 11.5 Å². The highest BCUT2D eigenvalue weighted by Gasteiger charge is 2.33. The third-order valence-electron chi connectivity index (χ3n) is 1.72. The number of nitrogens with zero attached hydrogens (tertiary/aromatic N) is 1. The van der Waals surface area contributed by atoms with Crippen LogP contribution in [0.25, 0.3) is 0 Å². The fraction of sp³-hybridized carbons (Fsp3) is 0.143. The van der Waals surface area contributed by atoms with Crippen LogP contribution in [0.4, 0.5) is 4.39 Å². The van der Waals surface area contributed by atoms with E-state index in [2.05, 4.69) is 10.2 Å². The lowest BCUT2D eigenvalue weighted by atomic mass is 9.97. The third kappa shape index (κ3) is 0.790. The van der Waals surface area contributed by atoms with Crippen molar-refractivity contribution in [2.75, 3.05) is 0 Å². The van der Waals surface area contributed by atoms with Crippen molar-refractivity contribution in [1.82, 2.24) is 0 Å². The van der Waals surface area contributed by atoms with Crippen molar-refractivity contribution in [3.63, 3.8) is 0 Å². The standard InChI is InChI=1S/C7H6FN3/c8-4-2-1-3-5-6(4)7(9)11-10-5/h1-3,6H,(H2,9,11)/p+1/t6-/m0/s1. The van der Waals surface area contributed by atoms with Gasteiger partial charge in [-0.1, -0.05) is 11.2 Å². The normalized spacial score (nSPS) is 27.4. The number of allylic oxidation sites excluding steroid dienone is 3. The first-order valence-electron chi connectivity index (χ1n) is 3.28. The van der Waals surface area contributed by atoms with Crippen LogP contribution in [-0.2, 0) is 0 Å². The van der Waals surface area contributed by atoms with E-state index in [9.17, 15) is 4.39 Å². The van der Waals surface area contributed by atoms with Crippen LogP contribution in [0, 0.1) is 5.92 Å². The van der Waals surface area contributed by atoms with Gasteiger partial charge in [0.1, 0.15) is 11.5 Å². The summed E-state index contributed by atoms with van der Waals surface area (Å²) in [5, 5.41) is 6.37. The van der Waals surface area contributed by atoms with Crippen LogP contribution < -0.4 is 10.8 Å². The Morgan fingerprint density at radius 3 is 3.18 bits per heavy atom. The molecule has 0 aromatic carbocycles. The maximum atomic E-state index is 13.0. The predicted molar refractivity (Wildman–Crippen MR) is 39.4 cm³/mol. The molecule has 11 heavy (non-hydrogen) atoms. The van der Waals surface area contributed by atoms with Gasteiger partial charge in [0.15, 0.2) is 5.92 Å². The molecule has 2 aliphatic rings. The SMILES string of the molecule is NC1=[NH+]N=C2C=CC=C(F)[C@@H]21. The van der Waals surface area contributed by atoms with Gasteiger partial charge in [-0.15, -0.1) is 0 Å². The molecule has 1 aliphatic heterocycles. The zero-order valence-electron chi connectivity index (χ0n) is 5.71. The Bertz CT molecular complexity index is 312. The highest BCUT2D eigenvalue weighted by molar-refractivity contribution is 6.13. The minimum Gasteiger partial charge on any atom is -0.288 e. The van der Waals surface area contributed by atoms with Gasteiger partial charge in [-0.05, 0) is 12.2 Å². The molecule has 1 aliphatic carbocycles. The summed E-state index contributed by atoms with van der Waals surface area (Å²) in [6.07, 6.45) is 4.75. The number of nitrogens with one attached hydrogen (secondary N) is 1. The summed E-state index contributed by atoms with van der Waals surface area (Å²) in [4.78, 5) is 0. The molecule has 0 aromatic rings. The first kappa shape index (κ1) is 6.27. The molecule has 2 rings (SSSR count). The minimum absolute atomic E-state index is 0.256. The zero-order valence-corrected chi connectivity index (χ0v) is 5.71. The Kier molecular flexibility index (Phi) is 1.15. The maximum Gasteiger partial charge on any atom is 0.282 e. The summed E-state index contributed by atoms with van der Waals surface area (Å²) < 4.78 is 13.0. The summed E-state index contributed by atoms with van der Waals surface area (Å²) >= 11 is 0. The second-order valence-electron chi connectivity index (χ2n) is 2.45. The molecule has 0 unspecified atom stereocenters. The largest absolute Gasteiger partial charge is 0.288 e. The third-order valence-corrected chi connectivity index (χ3v) is 1.72. The van der Waals surface area contributed by atoms with E-state index in [0.717, 1.165) is 0 Å². The Morgan fingerprint density at radius 2 is 2.45 bits per heavy atom. The van der Waals surface area contributed by atoms with Gasteiger partial charge in [0.2, 0.25) is 0 Å². The van der Waals surface area contributed by atoms with Gasteiger partial charge < -0.3 is 0 Å². The van der Waals surface area contributed by atoms with Crippen molar-refractivity contribution in [1.29, 1.82) is 0 Å². The molecule has 0 saturated carbocycles. The number of halogens is 1. The average molecular weight is 152 g/mol. The van der Waals surface area contributed by atoms with E-state index in [1.807, 2.05) is 0 Å². The summed E-state index contributed by atoms with van der Waals surface area (Å²) in [6, 6.07) is 0. The molecule has 3 N–H and O–H groups in total. The highest BCUT2D eigenvalue weighted by atomic mass is 19.1. The smallest absolute Gasteiger partial charge is 0.282 e. The van der Waals surface area contributed by atoms with Gasteiger partial charge in [-0.3, -0.25) is 5.73 Å². The molecule has 0 fully saturated rings. The Labute approximate surface area is 62.8 Å². The lowest BCUT2D eigenvalue weighted by Gasteiger charge is -2.06. The topological polar surface area (TPSA) is 52.4 Å². The minimum atomic E-state index is -0.458. The number of nitrogens with two attached hydrogens (primary N) is 1. The van der Waals surface area contributed by atoms with E-state index in [1.165, 1.54) is 6.08 Å². The second-order valence-corrected chi connectivity index (χ2v) is 2.45. The van der Waals surface area contributed by atoms with E-state index in [-0.39, 0.29) is 5.83 Å². The Morgan fingerprint density at radius 1 is 1.64 bits per heavy atom. The summed E-state index contributed by atoms with van der Waals surface area (Å²) in [6.45, 7) is 0. The highest BCUT2D eigenvalue weighted by Crippen LogP contribution is 2.19. The van der Waals surface area contributed by atoms with Crippen molar-refractivity contribution in [3.05, 3.63) is 24.1 Å². The fourth-order valence-corrected chi connectivity index (χ4v) is 1.18. The molecule has 1 heterocycles. The van der Waals surface area contributed by atoms with Crippen LogP contribution in [0.5, 0.6) is 0 Å². The summed E-state index contributed by atoms with van der Waals surface area (Å²) in [5.74, 6) is -0.355. The van der Waals surface area contributed by atoms with Crippen molar-refractivity contribution in [2.45, 2.75) is 0 Å². The number of hydrazone groups is 1. The summed E-state index contributed by atoms with van der Waals surface area (Å²) in [7, 11) is 0. The van der Waals surface area contributed by atoms with Crippen LogP contribution in [0.3, 0.4) is 0 Å². The van der Waals surface area contributed by atoms with E-state index < -0.39 is 5.92 Å². The van der Waals surface area contributed by atoms with Crippen molar-refractivity contribution >= 4 is 11.5 Å². The summed E-state index contributed by atoms with van der Waals surface area (Å²) in [5.41, 5.74) is 6.10. The molecule has 3 nitrogen and oxygen atoms in total. The van der Waals surface area contributed by atoms with Gasteiger partial charge in [-0.25, -0.2) is 4.39 Å². The average Bonchev–Trinajstić information content (AvgIpc) is 2.34. The number of rotatable bonds is 0. The number of hydrogen-bond acceptors (Lipinski definition) is 2. The molecule has 0 saturated heterocycles. The van der Waals surface area contributed by atoms with Gasteiger partial charge in [0, 0.05) is 0 Å². The van der Waals surface area contributed by atoms with E-state index in [1.54, 1.807) is 12.2 Å². The Balaban J connectivity index is 2.44. The molecule has 0 spiro atoms. The molecule has 0 radical (unpaired) electrons. The maximum absolute atomic E-state index is 13.0.